The number of halogens is 1. The second-order valence-electron chi connectivity index (χ2n) is 2.30. The van der Waals surface area contributed by atoms with Crippen LogP contribution >= 0.6 is 0 Å². The average Bonchev–Trinajstić information content (AvgIpc) is 2.34. The second kappa shape index (κ2) is 6.07. The summed E-state index contributed by atoms with van der Waals surface area (Å²) in [7, 11) is -0.526. The molecular weight excluding hydrogens is 184 g/mol. The quantitative estimate of drug-likeness (QED) is 0.513. The molecule has 6 heteroatoms. The molecular formula is C6H13ClN2O3. The maximum Gasteiger partial charge on any atom is 0.282 e. The summed E-state index contributed by atoms with van der Waals surface area (Å²) in [5.74, 6) is 0. The molecule has 0 aromatic carbocycles. The molecule has 0 aromatic rings. The van der Waals surface area contributed by atoms with Crippen LogP contribution in [0.3, 0.4) is 0 Å². The van der Waals surface area contributed by atoms with Gasteiger partial charge in [0, 0.05) is 30.7 Å². The van der Waals surface area contributed by atoms with Crippen LogP contribution in [0.25, 0.3) is 0 Å². The molecule has 5 nitrogen and oxygen atoms in total. The Morgan fingerprint density at radius 1 is 1.50 bits per heavy atom. The molecule has 1 N–H and O–H groups in total. The molecule has 72 valence electrons. The smallest absolute Gasteiger partial charge is 0.282 e. The van der Waals surface area contributed by atoms with Gasteiger partial charge in [-0.25, -0.2) is 0 Å². The summed E-state index contributed by atoms with van der Waals surface area (Å²) in [4.78, 5) is 4.41. The van der Waals surface area contributed by atoms with Crippen molar-refractivity contribution in [3.8, 4) is 0 Å². The van der Waals surface area contributed by atoms with Crippen molar-refractivity contribution < 1.29 is 24.8 Å². The van der Waals surface area contributed by atoms with Gasteiger partial charge in [-0.2, -0.15) is 0 Å². The Labute approximate surface area is 74.9 Å². The third-order valence-electron chi connectivity index (χ3n) is 1.34. The van der Waals surface area contributed by atoms with Crippen LogP contribution in [0.15, 0.2) is 12.4 Å². The van der Waals surface area contributed by atoms with Crippen molar-refractivity contribution in [3.63, 3.8) is 0 Å². The fourth-order valence-corrected chi connectivity index (χ4v) is 0.794. The van der Waals surface area contributed by atoms with Crippen molar-refractivity contribution in [1.29, 1.82) is 0 Å². The van der Waals surface area contributed by atoms with E-state index in [4.69, 9.17) is 14.0 Å². The predicted molar refractivity (Wildman–Crippen MR) is 36.4 cm³/mol. The number of hydrogen-bond donors (Lipinski definition) is 1. The highest BCUT2D eigenvalue weighted by Crippen LogP contribution is 2.00. The molecule has 0 aliphatic carbocycles. The Morgan fingerprint density at radius 3 is 2.17 bits per heavy atom. The summed E-state index contributed by atoms with van der Waals surface area (Å²) in [6, 6.07) is 0. The van der Waals surface area contributed by atoms with E-state index in [0.717, 1.165) is 13.2 Å². The Bertz CT molecular complexity index is 140. The zero-order chi connectivity index (χ0) is 9.56. The lowest BCUT2D eigenvalue weighted by molar-refractivity contribution is -1.63. The Balaban J connectivity index is 0.000000261. The first-order valence-electron chi connectivity index (χ1n) is 3.43. The van der Waals surface area contributed by atoms with E-state index < -0.39 is 10.8 Å². The molecule has 0 unspecified atom stereocenters. The third-order valence-corrected chi connectivity index (χ3v) is 1.34. The van der Waals surface area contributed by atoms with Crippen LogP contribution in [0.4, 0.5) is 0 Å². The summed E-state index contributed by atoms with van der Waals surface area (Å²) >= 11 is 0. The molecule has 0 fully saturated rings. The fourth-order valence-electron chi connectivity index (χ4n) is 0.794. The van der Waals surface area contributed by atoms with Gasteiger partial charge in [-0.15, -0.1) is 0 Å². The lowest BCUT2D eigenvalue weighted by Crippen LogP contribution is -2.30. The standard InChI is InChI=1S/C6H12N2.ClHO3/c1-3-8-5-4-7(2)6-8;2-1(3)4/h4-5H,3,6H2,1-2H3;2H. The molecule has 0 atom stereocenters. The predicted octanol–water partition coefficient (Wildman–Crippen LogP) is -2.25. The van der Waals surface area contributed by atoms with Crippen LogP contribution in [-0.4, -0.2) is 34.7 Å². The van der Waals surface area contributed by atoms with Crippen molar-refractivity contribution in [2.24, 2.45) is 0 Å². The maximum atomic E-state index is 8.52. The summed E-state index contributed by atoms with van der Waals surface area (Å²) < 4.78 is 24.0. The van der Waals surface area contributed by atoms with Gasteiger partial charge < -0.3 is 19.1 Å². The first-order chi connectivity index (χ1) is 5.56. The van der Waals surface area contributed by atoms with Crippen molar-refractivity contribution in [1.82, 2.24) is 9.80 Å². The van der Waals surface area contributed by atoms with Crippen molar-refractivity contribution in [2.75, 3.05) is 20.3 Å². The highest BCUT2D eigenvalue weighted by Gasteiger charge is 2.03. The molecule has 1 heterocycles. The van der Waals surface area contributed by atoms with Crippen LogP contribution in [0.5, 0.6) is 0 Å². The molecule has 1 aliphatic heterocycles. The zero-order valence-electron chi connectivity index (χ0n) is 7.11. The van der Waals surface area contributed by atoms with E-state index in [0.29, 0.717) is 0 Å². The maximum absolute atomic E-state index is 8.52. The van der Waals surface area contributed by atoms with E-state index >= 15 is 0 Å². The molecule has 12 heavy (non-hydrogen) atoms. The van der Waals surface area contributed by atoms with Crippen molar-refractivity contribution in [2.45, 2.75) is 6.92 Å². The topological polar surface area (TPSA) is 72.8 Å². The molecule has 0 spiro atoms. The van der Waals surface area contributed by atoms with E-state index in [1.165, 1.54) is 0 Å². The molecule has 1 aliphatic rings. The molecule has 0 aromatic heterocycles. The summed E-state index contributed by atoms with van der Waals surface area (Å²) in [6.45, 7) is 4.32. The SMILES string of the molecule is CCN1C=CN(C)C1.[O-][Cl+2]([O-])O. The highest BCUT2D eigenvalue weighted by molar-refractivity contribution is 4.87. The van der Waals surface area contributed by atoms with E-state index in [1.54, 1.807) is 0 Å². The Hall–Kier alpha value is -0.490. The summed E-state index contributed by atoms with van der Waals surface area (Å²) in [5.41, 5.74) is 0. The van der Waals surface area contributed by atoms with Gasteiger partial charge in [0.05, 0.1) is 6.67 Å². The molecule has 0 radical (unpaired) electrons. The monoisotopic (exact) mass is 196 g/mol. The Kier molecular flexibility index (Phi) is 5.83. The van der Waals surface area contributed by atoms with E-state index in [-0.39, 0.29) is 0 Å². The van der Waals surface area contributed by atoms with Crippen LogP contribution in [0.2, 0.25) is 0 Å². The molecule has 0 amide bonds. The highest BCUT2D eigenvalue weighted by atomic mass is 35.6. The van der Waals surface area contributed by atoms with Gasteiger partial charge >= 0.3 is 0 Å². The van der Waals surface area contributed by atoms with Gasteiger partial charge in [0.25, 0.3) is 10.8 Å². The van der Waals surface area contributed by atoms with E-state index in [1.807, 2.05) is 0 Å². The van der Waals surface area contributed by atoms with Gasteiger partial charge in [-0.1, -0.05) is 0 Å². The third kappa shape index (κ3) is 6.23. The number of hydrogen-bond acceptors (Lipinski definition) is 5. The summed E-state index contributed by atoms with van der Waals surface area (Å²) in [6.07, 6.45) is 4.20. The Morgan fingerprint density at radius 2 is 2.00 bits per heavy atom. The van der Waals surface area contributed by atoms with Crippen LogP contribution in [0, 0.1) is 10.8 Å². The van der Waals surface area contributed by atoms with Crippen LogP contribution in [-0.2, 0) is 0 Å². The van der Waals surface area contributed by atoms with Crippen LogP contribution in [0.1, 0.15) is 6.92 Å². The second-order valence-corrected chi connectivity index (χ2v) is 2.70. The minimum Gasteiger partial charge on any atom is -0.362 e. The van der Waals surface area contributed by atoms with Gasteiger partial charge in [0.15, 0.2) is 0 Å². The minimum atomic E-state index is -2.60. The number of nitrogens with zero attached hydrogens (tertiary/aromatic N) is 2. The lowest BCUT2D eigenvalue weighted by atomic mass is 10.6. The minimum absolute atomic E-state index is 1.05. The molecule has 0 saturated heterocycles. The van der Waals surface area contributed by atoms with E-state index in [9.17, 15) is 0 Å². The lowest BCUT2D eigenvalue weighted by Gasteiger charge is -2.14. The zero-order valence-corrected chi connectivity index (χ0v) is 7.86. The van der Waals surface area contributed by atoms with Crippen LogP contribution < -0.4 is 9.32 Å². The van der Waals surface area contributed by atoms with Gasteiger partial charge in [0.2, 0.25) is 0 Å². The fraction of sp³-hybridized carbons (Fsp3) is 0.667. The van der Waals surface area contributed by atoms with Crippen molar-refractivity contribution in [3.05, 3.63) is 12.4 Å². The molecule has 0 bridgehead atoms. The summed E-state index contributed by atoms with van der Waals surface area (Å²) in [5, 5.41) is 0. The first-order valence-corrected chi connectivity index (χ1v) is 4.39. The van der Waals surface area contributed by atoms with Gasteiger partial charge in [-0.3, -0.25) is 0 Å². The molecule has 0 saturated carbocycles. The van der Waals surface area contributed by atoms with Crippen molar-refractivity contribution >= 4 is 0 Å². The average molecular weight is 197 g/mol. The van der Waals surface area contributed by atoms with Gasteiger partial charge in [0.1, 0.15) is 0 Å². The van der Waals surface area contributed by atoms with E-state index in [2.05, 4.69) is 36.2 Å². The number of rotatable bonds is 1. The normalized spacial score (nSPS) is 15.2. The van der Waals surface area contributed by atoms with Gasteiger partial charge in [-0.05, 0) is 6.92 Å². The molecule has 1 rings (SSSR count). The first kappa shape index (κ1) is 11.5. The largest absolute Gasteiger partial charge is 0.362 e.